The van der Waals surface area contributed by atoms with Gasteiger partial charge in [0.05, 0.1) is 22.9 Å². The van der Waals surface area contributed by atoms with E-state index in [2.05, 4.69) is 152 Å². The van der Waals surface area contributed by atoms with E-state index in [9.17, 15) is 0 Å². The molecule has 0 fully saturated rings. The van der Waals surface area contributed by atoms with Crippen molar-refractivity contribution in [2.45, 2.75) is 0 Å². The number of hydrogen-bond donors (Lipinski definition) is 0. The first-order valence-corrected chi connectivity index (χ1v) is 15.9. The largest absolute Gasteiger partial charge is 0.455 e. The number of fused-ring (bicyclic) bond motifs is 11. The lowest BCUT2D eigenvalue weighted by atomic mass is 9.97. The molecule has 0 spiro atoms. The van der Waals surface area contributed by atoms with Gasteiger partial charge in [-0.1, -0.05) is 140 Å². The third-order valence-electron chi connectivity index (χ3n) is 9.50. The number of hydrogen-bond acceptors (Lipinski definition) is 3. The van der Waals surface area contributed by atoms with Crippen molar-refractivity contribution >= 4 is 65.3 Å². The molecule has 10 aromatic rings. The minimum Gasteiger partial charge on any atom is -0.455 e. The van der Waals surface area contributed by atoms with Crippen LogP contribution in [0.3, 0.4) is 0 Å². The highest BCUT2D eigenvalue weighted by Gasteiger charge is 2.15. The summed E-state index contributed by atoms with van der Waals surface area (Å²) in [6, 6.07) is 53.4. The van der Waals surface area contributed by atoms with Crippen molar-refractivity contribution in [3.05, 3.63) is 158 Å². The van der Waals surface area contributed by atoms with Gasteiger partial charge in [-0.25, -0.2) is 4.98 Å². The normalized spacial score (nSPS) is 11.8. The lowest BCUT2D eigenvalue weighted by molar-refractivity contribution is 0.670. The van der Waals surface area contributed by atoms with Gasteiger partial charge >= 0.3 is 0 Å². The predicted molar refractivity (Wildman–Crippen MR) is 196 cm³/mol. The van der Waals surface area contributed by atoms with Gasteiger partial charge in [0.2, 0.25) is 0 Å². The van der Waals surface area contributed by atoms with Crippen LogP contribution in [-0.4, -0.2) is 9.97 Å². The van der Waals surface area contributed by atoms with Crippen LogP contribution in [0.25, 0.3) is 98.8 Å². The third-order valence-corrected chi connectivity index (χ3v) is 9.50. The highest BCUT2D eigenvalue weighted by atomic mass is 16.3. The van der Waals surface area contributed by atoms with Crippen molar-refractivity contribution in [3.63, 3.8) is 0 Å². The molecule has 0 saturated heterocycles. The molecule has 3 nitrogen and oxygen atoms in total. The van der Waals surface area contributed by atoms with Crippen molar-refractivity contribution in [2.75, 3.05) is 0 Å². The van der Waals surface area contributed by atoms with Crippen LogP contribution in [0.5, 0.6) is 0 Å². The molecular formula is C44H26N2O. The van der Waals surface area contributed by atoms with Gasteiger partial charge in [-0.2, -0.15) is 0 Å². The Bertz CT molecular complexity index is 2810. The van der Waals surface area contributed by atoms with Crippen LogP contribution >= 0.6 is 0 Å². The smallest absolute Gasteiger partial charge is 0.143 e. The van der Waals surface area contributed by atoms with Gasteiger partial charge in [-0.3, -0.25) is 4.98 Å². The summed E-state index contributed by atoms with van der Waals surface area (Å²) >= 11 is 0. The highest BCUT2D eigenvalue weighted by molar-refractivity contribution is 6.23. The number of benzene rings is 8. The Labute approximate surface area is 270 Å². The Morgan fingerprint density at radius 1 is 0.426 bits per heavy atom. The first kappa shape index (κ1) is 26.0. The van der Waals surface area contributed by atoms with Crippen molar-refractivity contribution in [3.8, 4) is 33.5 Å². The van der Waals surface area contributed by atoms with E-state index in [1.54, 1.807) is 0 Å². The standard InChI is InChI=1S/C44H26N2O/c1-2-12-32-28(9-1)23-24-40-41(32)38-18-8-17-33(44(38)47-40)29-21-19-27(20-22-29)30-10-7-11-31(25-30)39-26-45-42-36-15-5-3-13-34(36)35-14-4-6-16-37(35)43(42)46-39/h1-26H. The summed E-state index contributed by atoms with van der Waals surface area (Å²) in [5, 5.41) is 9.39. The van der Waals surface area contributed by atoms with Crippen LogP contribution in [0.2, 0.25) is 0 Å². The second kappa shape index (κ2) is 10.1. The first-order chi connectivity index (χ1) is 23.3. The molecule has 0 aliphatic carbocycles. The summed E-state index contributed by atoms with van der Waals surface area (Å²) in [4.78, 5) is 10.2. The molecule has 8 aromatic carbocycles. The Morgan fingerprint density at radius 3 is 1.87 bits per heavy atom. The number of rotatable bonds is 3. The maximum atomic E-state index is 6.49. The average molecular weight is 599 g/mol. The van der Waals surface area contributed by atoms with E-state index in [1.807, 2.05) is 6.20 Å². The molecule has 0 radical (unpaired) electrons. The molecule has 10 rings (SSSR count). The van der Waals surface area contributed by atoms with E-state index in [4.69, 9.17) is 14.4 Å². The van der Waals surface area contributed by atoms with Crippen molar-refractivity contribution in [2.24, 2.45) is 0 Å². The molecule has 2 heterocycles. The second-order valence-electron chi connectivity index (χ2n) is 12.1. The Morgan fingerprint density at radius 2 is 1.06 bits per heavy atom. The molecular weight excluding hydrogens is 572 g/mol. The quantitative estimate of drug-likeness (QED) is 0.190. The molecule has 218 valence electrons. The average Bonchev–Trinajstić information content (AvgIpc) is 3.55. The van der Waals surface area contributed by atoms with Crippen LogP contribution in [-0.2, 0) is 0 Å². The third kappa shape index (κ3) is 4.00. The number of para-hydroxylation sites is 1. The zero-order chi connectivity index (χ0) is 30.9. The van der Waals surface area contributed by atoms with E-state index >= 15 is 0 Å². The zero-order valence-electron chi connectivity index (χ0n) is 25.3. The molecule has 0 aliphatic rings. The number of aromatic nitrogens is 2. The predicted octanol–water partition coefficient (Wildman–Crippen LogP) is 12.0. The van der Waals surface area contributed by atoms with Crippen molar-refractivity contribution in [1.82, 2.24) is 9.97 Å². The zero-order valence-corrected chi connectivity index (χ0v) is 25.3. The van der Waals surface area contributed by atoms with Crippen molar-refractivity contribution in [1.29, 1.82) is 0 Å². The maximum Gasteiger partial charge on any atom is 0.143 e. The van der Waals surface area contributed by atoms with Gasteiger partial charge in [-0.15, -0.1) is 0 Å². The van der Waals surface area contributed by atoms with Crippen LogP contribution in [0.1, 0.15) is 0 Å². The van der Waals surface area contributed by atoms with E-state index in [0.29, 0.717) is 0 Å². The number of furan rings is 1. The van der Waals surface area contributed by atoms with Crippen molar-refractivity contribution < 1.29 is 4.42 Å². The van der Waals surface area contributed by atoms with E-state index < -0.39 is 0 Å². The van der Waals surface area contributed by atoms with Crippen LogP contribution < -0.4 is 0 Å². The molecule has 0 atom stereocenters. The number of nitrogens with zero attached hydrogens (tertiary/aromatic N) is 2. The molecule has 0 saturated carbocycles. The Kier molecular flexibility index (Phi) is 5.57. The molecule has 0 N–H and O–H groups in total. The lowest BCUT2D eigenvalue weighted by Gasteiger charge is -2.11. The fourth-order valence-electron chi connectivity index (χ4n) is 7.26. The van der Waals surface area contributed by atoms with Gasteiger partial charge in [-0.05, 0) is 50.4 Å². The second-order valence-corrected chi connectivity index (χ2v) is 12.1. The molecule has 3 heteroatoms. The SMILES string of the molecule is c1cc(-c2ccc(-c3cccc4c3oc3ccc5ccccc5c34)cc2)cc(-c2cnc3c4ccccc4c4ccccc4c3n2)c1. The topological polar surface area (TPSA) is 38.9 Å². The summed E-state index contributed by atoms with van der Waals surface area (Å²) in [5.74, 6) is 0. The molecule has 2 aromatic heterocycles. The fourth-order valence-corrected chi connectivity index (χ4v) is 7.26. The van der Waals surface area contributed by atoms with Gasteiger partial charge in [0.1, 0.15) is 11.2 Å². The van der Waals surface area contributed by atoms with E-state index in [0.717, 1.165) is 71.9 Å². The summed E-state index contributed by atoms with van der Waals surface area (Å²) in [6.07, 6.45) is 1.91. The van der Waals surface area contributed by atoms with Crippen LogP contribution in [0, 0.1) is 0 Å². The van der Waals surface area contributed by atoms with E-state index in [-0.39, 0.29) is 0 Å². The summed E-state index contributed by atoms with van der Waals surface area (Å²) in [5.41, 5.74) is 10.1. The Hall–Kier alpha value is -6.32. The van der Waals surface area contributed by atoms with Gasteiger partial charge in [0.25, 0.3) is 0 Å². The monoisotopic (exact) mass is 598 g/mol. The molecule has 0 aliphatic heterocycles. The molecule has 0 unspecified atom stereocenters. The maximum absolute atomic E-state index is 6.49. The first-order valence-electron chi connectivity index (χ1n) is 15.9. The Balaban J connectivity index is 1.05. The molecule has 0 bridgehead atoms. The van der Waals surface area contributed by atoms with Crippen LogP contribution in [0.4, 0.5) is 0 Å². The molecule has 0 amide bonds. The van der Waals surface area contributed by atoms with Gasteiger partial charge < -0.3 is 4.42 Å². The summed E-state index contributed by atoms with van der Waals surface area (Å²) in [7, 11) is 0. The van der Waals surface area contributed by atoms with Gasteiger partial charge in [0.15, 0.2) is 0 Å². The fraction of sp³-hybridized carbons (Fsp3) is 0. The molecule has 47 heavy (non-hydrogen) atoms. The minimum absolute atomic E-state index is 0.862. The van der Waals surface area contributed by atoms with Crippen LogP contribution in [0.15, 0.2) is 162 Å². The highest BCUT2D eigenvalue weighted by Crippen LogP contribution is 2.40. The minimum atomic E-state index is 0.862. The lowest BCUT2D eigenvalue weighted by Crippen LogP contribution is -1.92. The van der Waals surface area contributed by atoms with Gasteiger partial charge in [0, 0.05) is 32.7 Å². The summed E-state index contributed by atoms with van der Waals surface area (Å²) in [6.45, 7) is 0. The summed E-state index contributed by atoms with van der Waals surface area (Å²) < 4.78 is 6.49. The van der Waals surface area contributed by atoms with E-state index in [1.165, 1.54) is 26.9 Å².